The first-order chi connectivity index (χ1) is 11.4. The summed E-state index contributed by atoms with van der Waals surface area (Å²) in [6, 6.07) is 11.5. The predicted octanol–water partition coefficient (Wildman–Crippen LogP) is 3.45. The maximum Gasteiger partial charge on any atom is 0.315 e. The lowest BCUT2D eigenvalue weighted by atomic mass is 10.2. The lowest BCUT2D eigenvalue weighted by molar-refractivity contribution is -0.114. The first kappa shape index (κ1) is 18.0. The number of benzene rings is 1. The number of anilines is 1. The minimum absolute atomic E-state index is 0.0637. The van der Waals surface area contributed by atoms with Crippen LogP contribution < -0.4 is 16.0 Å². The summed E-state index contributed by atoms with van der Waals surface area (Å²) in [5, 5.41) is 8.51. The summed E-state index contributed by atoms with van der Waals surface area (Å²) < 4.78 is 0. The number of nitrogens with one attached hydrogen (secondary N) is 3. The van der Waals surface area contributed by atoms with Crippen LogP contribution in [0.3, 0.4) is 0 Å². The monoisotopic (exact) mass is 345 g/mol. The van der Waals surface area contributed by atoms with Crippen molar-refractivity contribution in [2.45, 2.75) is 39.8 Å². The molecule has 2 rings (SSSR count). The van der Waals surface area contributed by atoms with Gasteiger partial charge >= 0.3 is 6.03 Å². The number of urea groups is 1. The van der Waals surface area contributed by atoms with E-state index in [1.54, 1.807) is 11.3 Å². The molecule has 0 spiro atoms. The van der Waals surface area contributed by atoms with Gasteiger partial charge in [-0.15, -0.1) is 11.3 Å². The minimum Gasteiger partial charge on any atom is -0.335 e. The van der Waals surface area contributed by atoms with E-state index < -0.39 is 0 Å². The number of thiophene rings is 1. The molecule has 0 unspecified atom stereocenters. The molecule has 0 radical (unpaired) electrons. The van der Waals surface area contributed by atoms with Gasteiger partial charge in [-0.3, -0.25) is 4.79 Å². The molecule has 0 fully saturated rings. The van der Waals surface area contributed by atoms with Gasteiger partial charge in [-0.05, 0) is 43.7 Å². The van der Waals surface area contributed by atoms with Crippen molar-refractivity contribution in [3.8, 4) is 0 Å². The van der Waals surface area contributed by atoms with Gasteiger partial charge in [0.25, 0.3) is 0 Å². The third kappa shape index (κ3) is 6.04. The van der Waals surface area contributed by atoms with Crippen molar-refractivity contribution in [2.24, 2.45) is 0 Å². The second-order valence-corrected chi connectivity index (χ2v) is 7.20. The third-order valence-corrected chi connectivity index (χ3v) is 4.40. The highest BCUT2D eigenvalue weighted by Gasteiger charge is 2.09. The van der Waals surface area contributed by atoms with Crippen LogP contribution in [0.25, 0.3) is 0 Å². The van der Waals surface area contributed by atoms with E-state index in [1.165, 1.54) is 16.7 Å². The molecule has 0 saturated carbocycles. The van der Waals surface area contributed by atoms with E-state index in [2.05, 4.69) is 35.0 Å². The molecule has 0 saturated heterocycles. The van der Waals surface area contributed by atoms with Crippen molar-refractivity contribution in [1.82, 2.24) is 10.6 Å². The average Bonchev–Trinajstić information content (AvgIpc) is 2.89. The quantitative estimate of drug-likeness (QED) is 0.750. The van der Waals surface area contributed by atoms with Crippen LogP contribution in [0.5, 0.6) is 0 Å². The molecule has 0 aliphatic rings. The highest BCUT2D eigenvalue weighted by Crippen LogP contribution is 2.16. The third-order valence-electron chi connectivity index (χ3n) is 3.38. The van der Waals surface area contributed by atoms with Gasteiger partial charge in [0.1, 0.15) is 0 Å². The minimum atomic E-state index is -0.194. The lowest BCUT2D eigenvalue weighted by Crippen LogP contribution is -2.41. The molecule has 1 atom stereocenters. The van der Waals surface area contributed by atoms with Gasteiger partial charge in [0, 0.05) is 41.4 Å². The topological polar surface area (TPSA) is 70.2 Å². The van der Waals surface area contributed by atoms with Crippen LogP contribution in [0.2, 0.25) is 0 Å². The highest BCUT2D eigenvalue weighted by atomic mass is 32.1. The number of amides is 3. The molecule has 24 heavy (non-hydrogen) atoms. The number of hydrogen-bond acceptors (Lipinski definition) is 3. The van der Waals surface area contributed by atoms with Crippen LogP contribution in [0.1, 0.15) is 29.2 Å². The molecule has 128 valence electrons. The van der Waals surface area contributed by atoms with E-state index >= 15 is 0 Å². The summed E-state index contributed by atoms with van der Waals surface area (Å²) >= 11 is 1.75. The molecule has 6 heteroatoms. The Morgan fingerprint density at radius 2 is 2.00 bits per heavy atom. The predicted molar refractivity (Wildman–Crippen MR) is 98.3 cm³/mol. The van der Waals surface area contributed by atoms with Crippen molar-refractivity contribution in [1.29, 1.82) is 0 Å². The van der Waals surface area contributed by atoms with Crippen LogP contribution in [0.15, 0.2) is 36.4 Å². The van der Waals surface area contributed by atoms with E-state index in [1.807, 2.05) is 31.2 Å². The van der Waals surface area contributed by atoms with Crippen molar-refractivity contribution in [3.63, 3.8) is 0 Å². The fourth-order valence-corrected chi connectivity index (χ4v) is 3.39. The summed E-state index contributed by atoms with van der Waals surface area (Å²) in [5.41, 5.74) is 1.65. The number of carbonyl (C=O) groups excluding carboxylic acids is 2. The normalized spacial score (nSPS) is 11.6. The second kappa shape index (κ2) is 8.49. The zero-order valence-electron chi connectivity index (χ0n) is 14.2. The maximum atomic E-state index is 12.0. The van der Waals surface area contributed by atoms with Crippen molar-refractivity contribution < 1.29 is 9.59 Å². The van der Waals surface area contributed by atoms with E-state index in [0.717, 1.165) is 17.7 Å². The summed E-state index contributed by atoms with van der Waals surface area (Å²) in [5.74, 6) is -0.115. The zero-order chi connectivity index (χ0) is 17.5. The SMILES string of the molecule is CC(=O)Nc1cccc(CNC(=O)N[C@H](C)Cc2ccc(C)s2)c1. The first-order valence-corrected chi connectivity index (χ1v) is 8.70. The van der Waals surface area contributed by atoms with Crippen LogP contribution in [0, 0.1) is 6.92 Å². The van der Waals surface area contributed by atoms with Crippen LogP contribution in [-0.4, -0.2) is 18.0 Å². The Balaban J connectivity index is 1.79. The second-order valence-electron chi connectivity index (χ2n) is 5.83. The molecule has 5 nitrogen and oxygen atoms in total. The molecular weight excluding hydrogens is 322 g/mol. The maximum absolute atomic E-state index is 12.0. The Kier molecular flexibility index (Phi) is 6.37. The molecule has 1 heterocycles. The smallest absolute Gasteiger partial charge is 0.315 e. The molecule has 3 N–H and O–H groups in total. The van der Waals surface area contributed by atoms with E-state index in [9.17, 15) is 9.59 Å². The Bertz CT molecular complexity index is 712. The molecule has 0 bridgehead atoms. The molecular formula is C18H23N3O2S. The fourth-order valence-electron chi connectivity index (χ4n) is 2.37. The average molecular weight is 345 g/mol. The number of rotatable bonds is 6. The van der Waals surface area contributed by atoms with E-state index in [4.69, 9.17) is 0 Å². The van der Waals surface area contributed by atoms with Crippen LogP contribution in [-0.2, 0) is 17.8 Å². The first-order valence-electron chi connectivity index (χ1n) is 7.88. The molecule has 3 amide bonds. The van der Waals surface area contributed by atoms with Gasteiger partial charge < -0.3 is 16.0 Å². The van der Waals surface area contributed by atoms with Crippen molar-refractivity contribution >= 4 is 29.0 Å². The molecule has 0 aliphatic carbocycles. The van der Waals surface area contributed by atoms with Gasteiger partial charge in [-0.25, -0.2) is 4.79 Å². The Morgan fingerprint density at radius 3 is 2.67 bits per heavy atom. The molecule has 1 aromatic carbocycles. The summed E-state index contributed by atoms with van der Waals surface area (Å²) in [4.78, 5) is 25.6. The van der Waals surface area contributed by atoms with E-state index in [-0.39, 0.29) is 18.0 Å². The lowest BCUT2D eigenvalue weighted by Gasteiger charge is -2.14. The van der Waals surface area contributed by atoms with Gasteiger partial charge in [0.15, 0.2) is 0 Å². The molecule has 1 aromatic heterocycles. The largest absolute Gasteiger partial charge is 0.335 e. The Labute approximate surface area is 146 Å². The van der Waals surface area contributed by atoms with Gasteiger partial charge in [0.05, 0.1) is 0 Å². The number of hydrogen-bond donors (Lipinski definition) is 3. The zero-order valence-corrected chi connectivity index (χ0v) is 15.0. The van der Waals surface area contributed by atoms with Gasteiger partial charge in [0.2, 0.25) is 5.91 Å². The molecule has 0 aliphatic heterocycles. The Morgan fingerprint density at radius 1 is 1.21 bits per heavy atom. The van der Waals surface area contributed by atoms with E-state index in [0.29, 0.717) is 6.54 Å². The van der Waals surface area contributed by atoms with Crippen molar-refractivity contribution in [2.75, 3.05) is 5.32 Å². The summed E-state index contributed by atoms with van der Waals surface area (Å²) in [7, 11) is 0. The van der Waals surface area contributed by atoms with Crippen molar-refractivity contribution in [3.05, 3.63) is 51.7 Å². The van der Waals surface area contributed by atoms with Crippen LogP contribution >= 0.6 is 11.3 Å². The fraction of sp³-hybridized carbons (Fsp3) is 0.333. The standard InChI is InChI=1S/C18H23N3O2S/c1-12(9-17-8-7-13(2)24-17)20-18(23)19-11-15-5-4-6-16(10-15)21-14(3)22/h4-8,10,12H,9,11H2,1-3H3,(H,21,22)(H2,19,20,23)/t12-/m1/s1. The van der Waals surface area contributed by atoms with Crippen LogP contribution in [0.4, 0.5) is 10.5 Å². The highest BCUT2D eigenvalue weighted by molar-refractivity contribution is 7.11. The number of aryl methyl sites for hydroxylation is 1. The number of carbonyl (C=O) groups is 2. The Hall–Kier alpha value is -2.34. The molecule has 2 aromatic rings. The van der Waals surface area contributed by atoms with Gasteiger partial charge in [-0.1, -0.05) is 12.1 Å². The van der Waals surface area contributed by atoms with Gasteiger partial charge in [-0.2, -0.15) is 0 Å². The summed E-state index contributed by atoms with van der Waals surface area (Å²) in [6.45, 7) is 5.94. The summed E-state index contributed by atoms with van der Waals surface area (Å²) in [6.07, 6.45) is 0.823.